The summed E-state index contributed by atoms with van der Waals surface area (Å²) >= 11 is 0. The molecule has 1 heterocycles. The van der Waals surface area contributed by atoms with Crippen molar-refractivity contribution in [3.8, 4) is 0 Å². The van der Waals surface area contributed by atoms with Crippen LogP contribution in [0.1, 0.15) is 26.7 Å². The molecule has 0 aromatic carbocycles. The van der Waals surface area contributed by atoms with Crippen molar-refractivity contribution >= 4 is 6.29 Å². The molecule has 1 atom stereocenters. The van der Waals surface area contributed by atoms with Crippen LogP contribution in [0.5, 0.6) is 0 Å². The van der Waals surface area contributed by atoms with E-state index in [2.05, 4.69) is 0 Å². The lowest BCUT2D eigenvalue weighted by molar-refractivity contribution is -0.110. The fourth-order valence-electron chi connectivity index (χ4n) is 1.51. The average Bonchev–Trinajstić information content (AvgIpc) is 2.24. The minimum Gasteiger partial charge on any atom is -0.387 e. The Hall–Kier alpha value is -0.410. The van der Waals surface area contributed by atoms with E-state index in [1.165, 1.54) is 0 Å². The van der Waals surface area contributed by atoms with Crippen molar-refractivity contribution in [1.29, 1.82) is 0 Å². The van der Waals surface area contributed by atoms with Gasteiger partial charge in [-0.3, -0.25) is 0 Å². The van der Waals surface area contributed by atoms with Crippen LogP contribution < -0.4 is 0 Å². The SMILES string of the molecule is CC1(C)COCC1(O)CCC=O. The Bertz CT molecular complexity index is 177. The lowest BCUT2D eigenvalue weighted by atomic mass is 9.75. The van der Waals surface area contributed by atoms with Gasteiger partial charge >= 0.3 is 0 Å². The van der Waals surface area contributed by atoms with Crippen molar-refractivity contribution in [1.82, 2.24) is 0 Å². The molecule has 1 aliphatic heterocycles. The van der Waals surface area contributed by atoms with E-state index in [1.807, 2.05) is 13.8 Å². The Kier molecular flexibility index (Phi) is 2.54. The molecule has 1 fully saturated rings. The Morgan fingerprint density at radius 1 is 1.50 bits per heavy atom. The van der Waals surface area contributed by atoms with Gasteiger partial charge in [0.1, 0.15) is 6.29 Å². The first-order valence-corrected chi connectivity index (χ1v) is 4.26. The summed E-state index contributed by atoms with van der Waals surface area (Å²) in [6.45, 7) is 4.85. The molecule has 3 heteroatoms. The average molecular weight is 172 g/mol. The summed E-state index contributed by atoms with van der Waals surface area (Å²) in [6.07, 6.45) is 1.75. The van der Waals surface area contributed by atoms with Gasteiger partial charge in [0.25, 0.3) is 0 Å². The van der Waals surface area contributed by atoms with Crippen LogP contribution >= 0.6 is 0 Å². The standard InChI is InChI=1S/C9H16O3/c1-8(2)6-12-7-9(8,11)4-3-5-10/h5,11H,3-4,6-7H2,1-2H3. The first-order valence-electron chi connectivity index (χ1n) is 4.26. The van der Waals surface area contributed by atoms with Gasteiger partial charge in [-0.1, -0.05) is 13.8 Å². The minimum atomic E-state index is -0.812. The normalized spacial score (nSPS) is 33.6. The van der Waals surface area contributed by atoms with Gasteiger partial charge in [-0.25, -0.2) is 0 Å². The third-order valence-corrected chi connectivity index (χ3v) is 2.74. The van der Waals surface area contributed by atoms with Crippen molar-refractivity contribution in [2.24, 2.45) is 5.41 Å². The van der Waals surface area contributed by atoms with E-state index in [4.69, 9.17) is 4.74 Å². The Balaban J connectivity index is 2.62. The monoisotopic (exact) mass is 172 g/mol. The Morgan fingerprint density at radius 2 is 2.17 bits per heavy atom. The van der Waals surface area contributed by atoms with Gasteiger partial charge in [-0.2, -0.15) is 0 Å². The molecule has 1 saturated heterocycles. The van der Waals surface area contributed by atoms with Crippen LogP contribution in [0.4, 0.5) is 0 Å². The van der Waals surface area contributed by atoms with Crippen LogP contribution in [0.25, 0.3) is 0 Å². The molecule has 12 heavy (non-hydrogen) atoms. The van der Waals surface area contributed by atoms with Gasteiger partial charge < -0.3 is 14.6 Å². The van der Waals surface area contributed by atoms with Crippen LogP contribution in [0, 0.1) is 5.41 Å². The fraction of sp³-hybridized carbons (Fsp3) is 0.889. The molecule has 0 aliphatic carbocycles. The van der Waals surface area contributed by atoms with Gasteiger partial charge in [0.05, 0.1) is 18.8 Å². The molecule has 1 N–H and O–H groups in total. The third kappa shape index (κ3) is 1.52. The molecule has 0 spiro atoms. The first kappa shape index (κ1) is 9.68. The highest BCUT2D eigenvalue weighted by molar-refractivity contribution is 5.49. The number of ether oxygens (including phenoxy) is 1. The molecule has 0 bridgehead atoms. The predicted octanol–water partition coefficient (Wildman–Crippen LogP) is 0.753. The molecule has 1 rings (SSSR count). The zero-order valence-electron chi connectivity index (χ0n) is 7.67. The molecule has 0 radical (unpaired) electrons. The summed E-state index contributed by atoms with van der Waals surface area (Å²) in [4.78, 5) is 10.2. The maximum absolute atomic E-state index is 10.2. The first-order chi connectivity index (χ1) is 5.52. The molecule has 0 saturated carbocycles. The second-order valence-corrected chi connectivity index (χ2v) is 4.11. The fourth-order valence-corrected chi connectivity index (χ4v) is 1.51. The highest BCUT2D eigenvalue weighted by Crippen LogP contribution is 2.39. The second kappa shape index (κ2) is 3.15. The maximum atomic E-state index is 10.2. The highest BCUT2D eigenvalue weighted by atomic mass is 16.5. The Morgan fingerprint density at radius 3 is 2.58 bits per heavy atom. The van der Waals surface area contributed by atoms with Gasteiger partial charge in [-0.15, -0.1) is 0 Å². The van der Waals surface area contributed by atoms with Crippen LogP contribution in [0.2, 0.25) is 0 Å². The van der Waals surface area contributed by atoms with Crippen molar-refractivity contribution in [3.05, 3.63) is 0 Å². The smallest absolute Gasteiger partial charge is 0.120 e. The molecule has 1 unspecified atom stereocenters. The molecule has 3 nitrogen and oxygen atoms in total. The lowest BCUT2D eigenvalue weighted by Crippen LogP contribution is -2.43. The summed E-state index contributed by atoms with van der Waals surface area (Å²) in [5, 5.41) is 10.1. The van der Waals surface area contributed by atoms with Crippen LogP contribution in [-0.4, -0.2) is 30.2 Å². The number of hydrogen-bond acceptors (Lipinski definition) is 3. The van der Waals surface area contributed by atoms with E-state index in [-0.39, 0.29) is 5.41 Å². The summed E-state index contributed by atoms with van der Waals surface area (Å²) in [5.41, 5.74) is -1.04. The number of carbonyl (C=O) groups is 1. The quantitative estimate of drug-likeness (QED) is 0.639. The van der Waals surface area contributed by atoms with E-state index < -0.39 is 5.60 Å². The summed E-state index contributed by atoms with van der Waals surface area (Å²) in [7, 11) is 0. The largest absolute Gasteiger partial charge is 0.387 e. The number of aliphatic hydroxyl groups is 1. The molecular weight excluding hydrogens is 156 g/mol. The molecule has 70 valence electrons. The van der Waals surface area contributed by atoms with Gasteiger partial charge in [0.2, 0.25) is 0 Å². The molecule has 0 aromatic rings. The third-order valence-electron chi connectivity index (χ3n) is 2.74. The minimum absolute atomic E-state index is 0.226. The number of aldehydes is 1. The van der Waals surface area contributed by atoms with E-state index in [0.29, 0.717) is 26.1 Å². The van der Waals surface area contributed by atoms with E-state index in [9.17, 15) is 9.90 Å². The van der Waals surface area contributed by atoms with Gasteiger partial charge in [0.15, 0.2) is 0 Å². The zero-order valence-corrected chi connectivity index (χ0v) is 7.67. The van der Waals surface area contributed by atoms with E-state index >= 15 is 0 Å². The van der Waals surface area contributed by atoms with Crippen LogP contribution in [0.15, 0.2) is 0 Å². The van der Waals surface area contributed by atoms with Crippen LogP contribution in [-0.2, 0) is 9.53 Å². The van der Waals surface area contributed by atoms with Crippen molar-refractivity contribution in [2.45, 2.75) is 32.3 Å². The molecular formula is C9H16O3. The number of carbonyl (C=O) groups excluding carboxylic acids is 1. The summed E-state index contributed by atoms with van der Waals surface area (Å²) < 4.78 is 5.21. The number of rotatable bonds is 3. The van der Waals surface area contributed by atoms with Gasteiger partial charge in [0, 0.05) is 11.8 Å². The molecule has 1 aliphatic rings. The summed E-state index contributed by atoms with van der Waals surface area (Å²) in [5.74, 6) is 0. The van der Waals surface area contributed by atoms with E-state index in [0.717, 1.165) is 6.29 Å². The van der Waals surface area contributed by atoms with Crippen LogP contribution in [0.3, 0.4) is 0 Å². The molecule has 0 amide bonds. The predicted molar refractivity (Wildman–Crippen MR) is 44.8 cm³/mol. The van der Waals surface area contributed by atoms with E-state index in [1.54, 1.807) is 0 Å². The lowest BCUT2D eigenvalue weighted by Gasteiger charge is -2.33. The maximum Gasteiger partial charge on any atom is 0.120 e. The van der Waals surface area contributed by atoms with Gasteiger partial charge in [-0.05, 0) is 6.42 Å². The summed E-state index contributed by atoms with van der Waals surface area (Å²) in [6, 6.07) is 0. The van der Waals surface area contributed by atoms with Crippen molar-refractivity contribution < 1.29 is 14.6 Å². The highest BCUT2D eigenvalue weighted by Gasteiger charge is 2.48. The zero-order chi connectivity index (χ0) is 9.24. The second-order valence-electron chi connectivity index (χ2n) is 4.11. The van der Waals surface area contributed by atoms with Crippen molar-refractivity contribution in [3.63, 3.8) is 0 Å². The Labute approximate surface area is 72.7 Å². The van der Waals surface area contributed by atoms with Crippen molar-refractivity contribution in [2.75, 3.05) is 13.2 Å². The molecule has 0 aromatic heterocycles. The number of hydrogen-bond donors (Lipinski definition) is 1. The topological polar surface area (TPSA) is 46.5 Å².